The summed E-state index contributed by atoms with van der Waals surface area (Å²) < 4.78 is 5.89. The average molecular weight is 261 g/mol. The van der Waals surface area contributed by atoms with Gasteiger partial charge in [0.25, 0.3) is 0 Å². The average Bonchev–Trinajstić information content (AvgIpc) is 3.18. The molecule has 0 aromatic heterocycles. The number of nitrogens with one attached hydrogen (secondary N) is 1. The standard InChI is InChI=1S/C17H27NO/c1-4-9-18-17(12-19-11-15-6-7-15)16-8-5-13(2)10-14(16)3/h5,8,10,15,17-18H,4,6-7,9,11-12H2,1-3H3. The minimum absolute atomic E-state index is 0.333. The fraction of sp³-hybridized carbons (Fsp3) is 0.647. The fourth-order valence-corrected chi connectivity index (χ4v) is 2.43. The van der Waals surface area contributed by atoms with Crippen LogP contribution in [0.5, 0.6) is 0 Å². The Balaban J connectivity index is 1.97. The topological polar surface area (TPSA) is 21.3 Å². The van der Waals surface area contributed by atoms with Gasteiger partial charge in [0.05, 0.1) is 12.6 Å². The van der Waals surface area contributed by atoms with Crippen molar-refractivity contribution in [1.82, 2.24) is 5.32 Å². The van der Waals surface area contributed by atoms with Crippen molar-refractivity contribution in [3.63, 3.8) is 0 Å². The summed E-state index contributed by atoms with van der Waals surface area (Å²) in [7, 11) is 0. The Hall–Kier alpha value is -0.860. The lowest BCUT2D eigenvalue weighted by molar-refractivity contribution is 0.102. The van der Waals surface area contributed by atoms with E-state index in [1.165, 1.54) is 29.5 Å². The van der Waals surface area contributed by atoms with E-state index in [0.29, 0.717) is 6.04 Å². The molecular formula is C17H27NO. The van der Waals surface area contributed by atoms with Crippen LogP contribution in [0, 0.1) is 19.8 Å². The third-order valence-electron chi connectivity index (χ3n) is 3.78. The molecule has 1 unspecified atom stereocenters. The number of hydrogen-bond donors (Lipinski definition) is 1. The van der Waals surface area contributed by atoms with Crippen LogP contribution in [0.15, 0.2) is 18.2 Å². The van der Waals surface area contributed by atoms with E-state index in [2.05, 4.69) is 44.3 Å². The molecule has 106 valence electrons. The quantitative estimate of drug-likeness (QED) is 0.769. The van der Waals surface area contributed by atoms with Crippen molar-refractivity contribution in [3.8, 4) is 0 Å². The van der Waals surface area contributed by atoms with E-state index < -0.39 is 0 Å². The summed E-state index contributed by atoms with van der Waals surface area (Å²) in [6.45, 7) is 9.33. The monoisotopic (exact) mass is 261 g/mol. The molecule has 0 spiro atoms. The number of hydrogen-bond acceptors (Lipinski definition) is 2. The van der Waals surface area contributed by atoms with Crippen LogP contribution >= 0.6 is 0 Å². The Kier molecular flexibility index (Phi) is 5.41. The van der Waals surface area contributed by atoms with Gasteiger partial charge in [-0.3, -0.25) is 0 Å². The van der Waals surface area contributed by atoms with Crippen molar-refractivity contribution in [2.24, 2.45) is 5.92 Å². The van der Waals surface area contributed by atoms with E-state index >= 15 is 0 Å². The summed E-state index contributed by atoms with van der Waals surface area (Å²) in [5.41, 5.74) is 4.08. The first-order valence-electron chi connectivity index (χ1n) is 7.59. The molecule has 2 heteroatoms. The van der Waals surface area contributed by atoms with Gasteiger partial charge < -0.3 is 10.1 Å². The molecule has 1 saturated carbocycles. The van der Waals surface area contributed by atoms with Crippen LogP contribution in [0.25, 0.3) is 0 Å². The lowest BCUT2D eigenvalue weighted by Crippen LogP contribution is -2.27. The van der Waals surface area contributed by atoms with Gasteiger partial charge in [-0.15, -0.1) is 0 Å². The van der Waals surface area contributed by atoms with Gasteiger partial charge in [-0.05, 0) is 56.7 Å². The number of benzene rings is 1. The van der Waals surface area contributed by atoms with Gasteiger partial charge >= 0.3 is 0 Å². The van der Waals surface area contributed by atoms with Gasteiger partial charge in [-0.1, -0.05) is 30.7 Å². The van der Waals surface area contributed by atoms with Crippen LogP contribution in [0.1, 0.15) is 48.9 Å². The van der Waals surface area contributed by atoms with Crippen molar-refractivity contribution in [2.75, 3.05) is 19.8 Å². The van der Waals surface area contributed by atoms with Gasteiger partial charge in [0.2, 0.25) is 0 Å². The second kappa shape index (κ2) is 7.06. The minimum Gasteiger partial charge on any atom is -0.379 e. The Morgan fingerprint density at radius 1 is 1.32 bits per heavy atom. The van der Waals surface area contributed by atoms with Crippen LogP contribution in [0.2, 0.25) is 0 Å². The number of rotatable bonds is 8. The SMILES string of the molecule is CCCNC(COCC1CC1)c1ccc(C)cc1C. The Bertz CT molecular complexity index is 398. The summed E-state index contributed by atoms with van der Waals surface area (Å²) in [4.78, 5) is 0. The van der Waals surface area contributed by atoms with Gasteiger partial charge in [-0.25, -0.2) is 0 Å². The largest absolute Gasteiger partial charge is 0.379 e. The maximum absolute atomic E-state index is 5.89. The zero-order valence-electron chi connectivity index (χ0n) is 12.5. The van der Waals surface area contributed by atoms with Crippen LogP contribution in [-0.2, 0) is 4.74 Å². The Morgan fingerprint density at radius 3 is 2.74 bits per heavy atom. The molecule has 0 amide bonds. The zero-order valence-corrected chi connectivity index (χ0v) is 12.5. The molecule has 1 aliphatic rings. The molecule has 1 atom stereocenters. The zero-order chi connectivity index (χ0) is 13.7. The number of aryl methyl sites for hydroxylation is 2. The highest BCUT2D eigenvalue weighted by Gasteiger charge is 2.22. The molecule has 1 aliphatic carbocycles. The molecule has 1 fully saturated rings. The summed E-state index contributed by atoms with van der Waals surface area (Å²) >= 11 is 0. The summed E-state index contributed by atoms with van der Waals surface area (Å²) in [6.07, 6.45) is 3.87. The molecule has 1 aromatic carbocycles. The van der Waals surface area contributed by atoms with Crippen LogP contribution < -0.4 is 5.32 Å². The van der Waals surface area contributed by atoms with Crippen molar-refractivity contribution in [1.29, 1.82) is 0 Å². The predicted octanol–water partition coefficient (Wildman–Crippen LogP) is 3.77. The fourth-order valence-electron chi connectivity index (χ4n) is 2.43. The first kappa shape index (κ1) is 14.5. The highest BCUT2D eigenvalue weighted by molar-refractivity contribution is 5.32. The third-order valence-corrected chi connectivity index (χ3v) is 3.78. The molecule has 19 heavy (non-hydrogen) atoms. The van der Waals surface area contributed by atoms with Gasteiger partial charge in [0.1, 0.15) is 0 Å². The maximum atomic E-state index is 5.89. The van der Waals surface area contributed by atoms with Gasteiger partial charge in [0.15, 0.2) is 0 Å². The maximum Gasteiger partial charge on any atom is 0.0661 e. The van der Waals surface area contributed by atoms with E-state index in [-0.39, 0.29) is 0 Å². The Labute approximate surface area is 117 Å². The Morgan fingerprint density at radius 2 is 2.11 bits per heavy atom. The lowest BCUT2D eigenvalue weighted by Gasteiger charge is -2.21. The van der Waals surface area contributed by atoms with E-state index in [0.717, 1.165) is 32.1 Å². The first-order valence-corrected chi connectivity index (χ1v) is 7.59. The van der Waals surface area contributed by atoms with Crippen LogP contribution in [-0.4, -0.2) is 19.8 Å². The van der Waals surface area contributed by atoms with E-state index in [1.807, 2.05) is 0 Å². The van der Waals surface area contributed by atoms with Gasteiger partial charge in [-0.2, -0.15) is 0 Å². The van der Waals surface area contributed by atoms with Crippen LogP contribution in [0.3, 0.4) is 0 Å². The van der Waals surface area contributed by atoms with Crippen molar-refractivity contribution in [2.45, 2.75) is 46.1 Å². The normalized spacial score (nSPS) is 16.6. The molecule has 2 rings (SSSR count). The minimum atomic E-state index is 0.333. The molecule has 0 radical (unpaired) electrons. The molecule has 2 nitrogen and oxygen atoms in total. The molecule has 0 bridgehead atoms. The summed E-state index contributed by atoms with van der Waals surface area (Å²) in [6, 6.07) is 7.04. The van der Waals surface area contributed by atoms with Crippen molar-refractivity contribution < 1.29 is 4.74 Å². The molecular weight excluding hydrogens is 234 g/mol. The van der Waals surface area contributed by atoms with Gasteiger partial charge in [0, 0.05) is 6.61 Å². The predicted molar refractivity (Wildman–Crippen MR) is 80.5 cm³/mol. The summed E-state index contributed by atoms with van der Waals surface area (Å²) in [5, 5.41) is 3.62. The first-order chi connectivity index (χ1) is 9.20. The summed E-state index contributed by atoms with van der Waals surface area (Å²) in [5.74, 6) is 0.839. The second-order valence-electron chi connectivity index (χ2n) is 5.85. The van der Waals surface area contributed by atoms with E-state index in [4.69, 9.17) is 4.74 Å². The van der Waals surface area contributed by atoms with Crippen molar-refractivity contribution >= 4 is 0 Å². The molecule has 0 aliphatic heterocycles. The number of ether oxygens (including phenoxy) is 1. The molecule has 1 N–H and O–H groups in total. The highest BCUT2D eigenvalue weighted by atomic mass is 16.5. The highest BCUT2D eigenvalue weighted by Crippen LogP contribution is 2.29. The third kappa shape index (κ3) is 4.63. The molecule has 0 saturated heterocycles. The smallest absolute Gasteiger partial charge is 0.0661 e. The van der Waals surface area contributed by atoms with E-state index in [9.17, 15) is 0 Å². The lowest BCUT2D eigenvalue weighted by atomic mass is 9.99. The molecule has 1 aromatic rings. The second-order valence-corrected chi connectivity index (χ2v) is 5.85. The molecule has 0 heterocycles. The van der Waals surface area contributed by atoms with Crippen LogP contribution in [0.4, 0.5) is 0 Å². The van der Waals surface area contributed by atoms with E-state index in [1.54, 1.807) is 0 Å². The van der Waals surface area contributed by atoms with Crippen molar-refractivity contribution in [3.05, 3.63) is 34.9 Å².